The van der Waals surface area contributed by atoms with E-state index in [0.29, 0.717) is 17.0 Å². The number of rotatable bonds is 3. The summed E-state index contributed by atoms with van der Waals surface area (Å²) in [5.74, 6) is -0.708. The molecular formula is C12H15NO5S. The second-order valence-corrected chi connectivity index (χ2v) is 6.44. The molecule has 0 radical (unpaired) electrons. The Balaban J connectivity index is 2.68. The first kappa shape index (κ1) is 13.7. The van der Waals surface area contributed by atoms with Crippen LogP contribution in [-0.2, 0) is 14.6 Å². The van der Waals surface area contributed by atoms with E-state index in [4.69, 9.17) is 9.84 Å². The van der Waals surface area contributed by atoms with Gasteiger partial charge in [-0.05, 0) is 18.6 Å². The molecule has 0 amide bonds. The number of carboxylic acid groups (broad SMARTS) is 1. The minimum absolute atomic E-state index is 0.0821. The van der Waals surface area contributed by atoms with Crippen molar-refractivity contribution in [1.29, 1.82) is 0 Å². The zero-order valence-electron chi connectivity index (χ0n) is 10.7. The lowest BCUT2D eigenvalue weighted by atomic mass is 10.1. The lowest BCUT2D eigenvalue weighted by Crippen LogP contribution is -2.39. The highest BCUT2D eigenvalue weighted by Crippen LogP contribution is 2.40. The number of hydrogen-bond acceptors (Lipinski definition) is 5. The molecule has 0 aliphatic carbocycles. The maximum Gasteiger partial charge on any atom is 0.323 e. The van der Waals surface area contributed by atoms with E-state index in [1.165, 1.54) is 12.0 Å². The normalized spacial score (nSPS) is 16.8. The van der Waals surface area contributed by atoms with Crippen LogP contribution in [0.25, 0.3) is 0 Å². The molecule has 0 spiro atoms. The number of carbonyl (C=O) groups is 1. The van der Waals surface area contributed by atoms with Gasteiger partial charge >= 0.3 is 5.97 Å². The number of aryl methyl sites for hydroxylation is 1. The second-order valence-electron chi connectivity index (χ2n) is 4.40. The Labute approximate surface area is 111 Å². The molecule has 0 fully saturated rings. The molecule has 0 saturated heterocycles. The van der Waals surface area contributed by atoms with Crippen LogP contribution in [0.2, 0.25) is 0 Å². The van der Waals surface area contributed by atoms with Crippen molar-refractivity contribution >= 4 is 21.5 Å². The molecule has 0 atom stereocenters. The molecule has 0 saturated carbocycles. The van der Waals surface area contributed by atoms with Crippen LogP contribution in [0, 0.1) is 6.92 Å². The Hall–Kier alpha value is -1.76. The van der Waals surface area contributed by atoms with Crippen LogP contribution in [0.5, 0.6) is 5.75 Å². The minimum Gasteiger partial charge on any atom is -0.495 e. The molecule has 1 aliphatic heterocycles. The predicted molar refractivity (Wildman–Crippen MR) is 69.6 cm³/mol. The minimum atomic E-state index is -3.39. The van der Waals surface area contributed by atoms with E-state index in [-0.39, 0.29) is 23.7 Å². The molecule has 1 aromatic rings. The van der Waals surface area contributed by atoms with E-state index >= 15 is 0 Å². The molecule has 104 valence electrons. The third-order valence-electron chi connectivity index (χ3n) is 3.09. The average molecular weight is 285 g/mol. The molecule has 19 heavy (non-hydrogen) atoms. The van der Waals surface area contributed by atoms with Gasteiger partial charge in [-0.3, -0.25) is 4.79 Å². The van der Waals surface area contributed by atoms with E-state index in [9.17, 15) is 13.2 Å². The molecule has 7 heteroatoms. The molecule has 0 bridgehead atoms. The maximum absolute atomic E-state index is 12.2. The molecule has 2 rings (SSSR count). The fraction of sp³-hybridized carbons (Fsp3) is 0.417. The molecule has 6 nitrogen and oxygen atoms in total. The molecule has 1 aliphatic rings. The summed E-state index contributed by atoms with van der Waals surface area (Å²) in [6, 6.07) is 3.32. The summed E-state index contributed by atoms with van der Waals surface area (Å²) >= 11 is 0. The largest absolute Gasteiger partial charge is 0.495 e. The molecule has 1 N–H and O–H groups in total. The van der Waals surface area contributed by atoms with Gasteiger partial charge in [-0.15, -0.1) is 0 Å². The van der Waals surface area contributed by atoms with E-state index < -0.39 is 15.8 Å². The van der Waals surface area contributed by atoms with Crippen LogP contribution in [0.1, 0.15) is 5.56 Å². The van der Waals surface area contributed by atoms with Crippen molar-refractivity contribution in [3.63, 3.8) is 0 Å². The molecular weight excluding hydrogens is 270 g/mol. The number of ether oxygens (including phenoxy) is 1. The molecule has 1 aromatic carbocycles. The van der Waals surface area contributed by atoms with E-state index in [2.05, 4.69) is 0 Å². The number of benzene rings is 1. The summed E-state index contributed by atoms with van der Waals surface area (Å²) in [5.41, 5.74) is 0.960. The quantitative estimate of drug-likeness (QED) is 0.879. The Morgan fingerprint density at radius 2 is 2.16 bits per heavy atom. The van der Waals surface area contributed by atoms with Crippen molar-refractivity contribution in [3.05, 3.63) is 17.7 Å². The van der Waals surface area contributed by atoms with E-state index in [1.54, 1.807) is 19.1 Å². The van der Waals surface area contributed by atoms with Crippen LogP contribution in [0.3, 0.4) is 0 Å². The van der Waals surface area contributed by atoms with Gasteiger partial charge in [0, 0.05) is 6.54 Å². The Kier molecular flexibility index (Phi) is 3.40. The van der Waals surface area contributed by atoms with Crippen molar-refractivity contribution in [1.82, 2.24) is 0 Å². The number of hydrogen-bond donors (Lipinski definition) is 1. The second kappa shape index (κ2) is 4.73. The number of fused-ring (bicyclic) bond motifs is 1. The number of anilines is 1. The zero-order chi connectivity index (χ0) is 14.2. The summed E-state index contributed by atoms with van der Waals surface area (Å²) < 4.78 is 29.5. The first-order valence-electron chi connectivity index (χ1n) is 5.74. The van der Waals surface area contributed by atoms with Gasteiger partial charge < -0.3 is 14.7 Å². The highest BCUT2D eigenvalue weighted by atomic mass is 32.2. The predicted octanol–water partition coefficient (Wildman–Crippen LogP) is 0.682. The van der Waals surface area contributed by atoms with Crippen molar-refractivity contribution < 1.29 is 23.1 Å². The highest BCUT2D eigenvalue weighted by molar-refractivity contribution is 7.91. The topological polar surface area (TPSA) is 83.9 Å². The first-order valence-corrected chi connectivity index (χ1v) is 7.39. The number of carboxylic acids is 1. The summed E-state index contributed by atoms with van der Waals surface area (Å²) in [5, 5.41) is 8.92. The van der Waals surface area contributed by atoms with Crippen molar-refractivity contribution in [3.8, 4) is 5.75 Å². The fourth-order valence-corrected chi connectivity index (χ4v) is 4.02. The standard InChI is InChI=1S/C12H15NO5S/c1-8-3-4-9(18-2)11-12(8)19(16,17)6-5-13(11)7-10(14)15/h3-4H,5-7H2,1-2H3,(H,14,15). The molecule has 0 aromatic heterocycles. The third-order valence-corrected chi connectivity index (χ3v) is 4.95. The van der Waals surface area contributed by atoms with Crippen LogP contribution in [-0.4, -0.2) is 45.4 Å². The number of aliphatic carboxylic acids is 1. The summed E-state index contributed by atoms with van der Waals surface area (Å²) in [4.78, 5) is 12.6. The van der Waals surface area contributed by atoms with Crippen LogP contribution >= 0.6 is 0 Å². The fourth-order valence-electron chi connectivity index (χ4n) is 2.28. The first-order chi connectivity index (χ1) is 8.86. The van der Waals surface area contributed by atoms with Gasteiger partial charge in [0.05, 0.1) is 23.4 Å². The number of sulfone groups is 1. The SMILES string of the molecule is COc1ccc(C)c2c1N(CC(=O)O)CCS2(=O)=O. The van der Waals surface area contributed by atoms with Crippen LogP contribution in [0.4, 0.5) is 5.69 Å². The maximum atomic E-state index is 12.2. The van der Waals surface area contributed by atoms with Gasteiger partial charge in [-0.25, -0.2) is 8.42 Å². The lowest BCUT2D eigenvalue weighted by molar-refractivity contribution is -0.135. The van der Waals surface area contributed by atoms with Gasteiger partial charge in [0.2, 0.25) is 0 Å². The van der Waals surface area contributed by atoms with Crippen molar-refractivity contribution in [2.45, 2.75) is 11.8 Å². The Morgan fingerprint density at radius 3 is 2.74 bits per heavy atom. The number of nitrogens with zero attached hydrogens (tertiary/aromatic N) is 1. The number of methoxy groups -OCH3 is 1. The van der Waals surface area contributed by atoms with Gasteiger partial charge in [0.25, 0.3) is 0 Å². The third kappa shape index (κ3) is 2.37. The smallest absolute Gasteiger partial charge is 0.323 e. The van der Waals surface area contributed by atoms with Gasteiger partial charge in [0.15, 0.2) is 9.84 Å². The van der Waals surface area contributed by atoms with Crippen LogP contribution < -0.4 is 9.64 Å². The lowest BCUT2D eigenvalue weighted by Gasteiger charge is -2.31. The average Bonchev–Trinajstić information content (AvgIpc) is 2.32. The van der Waals surface area contributed by atoms with Gasteiger partial charge in [0.1, 0.15) is 12.3 Å². The van der Waals surface area contributed by atoms with Crippen molar-refractivity contribution in [2.24, 2.45) is 0 Å². The molecule has 0 unspecified atom stereocenters. The molecule has 1 heterocycles. The van der Waals surface area contributed by atoms with Gasteiger partial charge in [-0.1, -0.05) is 6.07 Å². The van der Waals surface area contributed by atoms with Crippen LogP contribution in [0.15, 0.2) is 17.0 Å². The highest BCUT2D eigenvalue weighted by Gasteiger charge is 2.33. The van der Waals surface area contributed by atoms with Crippen molar-refractivity contribution in [2.75, 3.05) is 30.9 Å². The van der Waals surface area contributed by atoms with Gasteiger partial charge in [-0.2, -0.15) is 0 Å². The summed E-state index contributed by atoms with van der Waals surface area (Å²) in [6.07, 6.45) is 0. The Morgan fingerprint density at radius 1 is 1.47 bits per heavy atom. The monoisotopic (exact) mass is 285 g/mol. The van der Waals surface area contributed by atoms with E-state index in [0.717, 1.165) is 0 Å². The summed E-state index contributed by atoms with van der Waals surface area (Å²) in [6.45, 7) is 1.60. The zero-order valence-corrected chi connectivity index (χ0v) is 11.5. The Bertz CT molecular complexity index is 623. The summed E-state index contributed by atoms with van der Waals surface area (Å²) in [7, 11) is -1.95. The van der Waals surface area contributed by atoms with E-state index in [1.807, 2.05) is 0 Å².